The number of aromatic nitrogens is 3. The Bertz CT molecular complexity index is 1160. The third-order valence-electron chi connectivity index (χ3n) is 4.29. The third kappa shape index (κ3) is 2.32. The van der Waals surface area contributed by atoms with E-state index in [0.717, 1.165) is 12.3 Å². The number of imidazole rings is 1. The highest BCUT2D eigenvalue weighted by Crippen LogP contribution is 2.41. The van der Waals surface area contributed by atoms with Crippen molar-refractivity contribution in [1.82, 2.24) is 14.5 Å². The number of primary amides is 1. The lowest BCUT2D eigenvalue weighted by Crippen LogP contribution is -2.26. The van der Waals surface area contributed by atoms with E-state index in [9.17, 15) is 19.1 Å². The minimum atomic E-state index is -1.69. The van der Waals surface area contributed by atoms with Gasteiger partial charge in [0.1, 0.15) is 28.0 Å². The Morgan fingerprint density at radius 3 is 2.52 bits per heavy atom. The van der Waals surface area contributed by atoms with Crippen LogP contribution in [-0.4, -0.2) is 31.6 Å². The largest absolute Gasteiger partial charge is 0.480 e. The molecule has 136 valence electrons. The molecular formula is C17H9ClF2N4O3. The molecule has 27 heavy (non-hydrogen) atoms. The molecule has 0 unspecified atom stereocenters. The first-order valence-corrected chi connectivity index (χ1v) is 7.91. The Balaban J connectivity index is 2.07. The third-order valence-corrected chi connectivity index (χ3v) is 4.60. The van der Waals surface area contributed by atoms with Gasteiger partial charge in [-0.15, -0.1) is 0 Å². The molecule has 1 aliphatic carbocycles. The SMILES string of the molecule is NC(=O)n1c(-c2c(F)cccc2Cl)nc2cnc(C3(C(=O)O)C=C3)c(F)c21. The summed E-state index contributed by atoms with van der Waals surface area (Å²) >= 11 is 6.02. The summed E-state index contributed by atoms with van der Waals surface area (Å²) in [6.07, 6.45) is 3.61. The molecule has 3 N–H and O–H groups in total. The van der Waals surface area contributed by atoms with E-state index in [0.29, 0.717) is 4.57 Å². The van der Waals surface area contributed by atoms with Crippen LogP contribution in [0.25, 0.3) is 22.4 Å². The summed E-state index contributed by atoms with van der Waals surface area (Å²) in [5.74, 6) is -3.52. The number of nitrogens with two attached hydrogens (primary N) is 1. The molecule has 2 heterocycles. The molecule has 1 aromatic carbocycles. The zero-order valence-electron chi connectivity index (χ0n) is 13.3. The van der Waals surface area contributed by atoms with Crippen LogP contribution in [0, 0.1) is 11.6 Å². The van der Waals surface area contributed by atoms with E-state index >= 15 is 4.39 Å². The molecule has 1 amide bonds. The summed E-state index contributed by atoms with van der Waals surface area (Å²) in [5, 5.41) is 9.28. The monoisotopic (exact) mass is 390 g/mol. The summed E-state index contributed by atoms with van der Waals surface area (Å²) in [7, 11) is 0. The zero-order valence-corrected chi connectivity index (χ0v) is 14.0. The van der Waals surface area contributed by atoms with E-state index < -0.39 is 40.3 Å². The fraction of sp³-hybridized carbons (Fsp3) is 0.0588. The van der Waals surface area contributed by atoms with Crippen molar-refractivity contribution in [3.05, 3.63) is 58.9 Å². The van der Waals surface area contributed by atoms with Crippen molar-refractivity contribution in [3.8, 4) is 11.4 Å². The highest BCUT2D eigenvalue weighted by Gasteiger charge is 2.48. The lowest BCUT2D eigenvalue weighted by molar-refractivity contribution is -0.139. The second-order valence-corrected chi connectivity index (χ2v) is 6.28. The predicted molar refractivity (Wildman–Crippen MR) is 91.3 cm³/mol. The van der Waals surface area contributed by atoms with Gasteiger partial charge < -0.3 is 10.8 Å². The first-order valence-electron chi connectivity index (χ1n) is 7.53. The van der Waals surface area contributed by atoms with Crippen molar-refractivity contribution >= 4 is 34.6 Å². The molecule has 0 atom stereocenters. The number of carboxylic acids is 1. The average molecular weight is 391 g/mol. The summed E-state index contributed by atoms with van der Waals surface area (Å²) in [6.45, 7) is 0. The standard InChI is InChI=1S/C17H9ClF2N4O3/c18-7-2-1-3-8(19)10(7)14-23-9-6-22-13(17(4-5-17)15(25)26)11(20)12(9)24(14)16(21)27/h1-6H,(H2,21,27)(H,25,26). The molecule has 7 nitrogen and oxygen atoms in total. The van der Waals surface area contributed by atoms with Gasteiger partial charge in [0, 0.05) is 0 Å². The maximum Gasteiger partial charge on any atom is 0.325 e. The topological polar surface area (TPSA) is 111 Å². The van der Waals surface area contributed by atoms with Gasteiger partial charge in [0.05, 0.1) is 16.8 Å². The van der Waals surface area contributed by atoms with Gasteiger partial charge in [0.25, 0.3) is 0 Å². The van der Waals surface area contributed by atoms with E-state index in [-0.39, 0.29) is 21.9 Å². The number of hydrogen-bond acceptors (Lipinski definition) is 4. The number of halogens is 3. The number of nitrogens with zero attached hydrogens (tertiary/aromatic N) is 3. The molecule has 1 aliphatic rings. The fourth-order valence-corrected chi connectivity index (χ4v) is 3.15. The van der Waals surface area contributed by atoms with Crippen LogP contribution < -0.4 is 5.73 Å². The lowest BCUT2D eigenvalue weighted by Gasteiger charge is -2.12. The number of hydrogen-bond donors (Lipinski definition) is 2. The molecule has 0 spiro atoms. The number of carboxylic acid groups (broad SMARTS) is 1. The molecule has 2 aromatic heterocycles. The number of benzene rings is 1. The Morgan fingerprint density at radius 1 is 1.26 bits per heavy atom. The summed E-state index contributed by atoms with van der Waals surface area (Å²) < 4.78 is 30.1. The molecule has 0 radical (unpaired) electrons. The molecule has 0 saturated carbocycles. The fourth-order valence-electron chi connectivity index (χ4n) is 2.90. The van der Waals surface area contributed by atoms with Gasteiger partial charge in [-0.25, -0.2) is 23.1 Å². The number of carbonyl (C=O) groups is 2. The number of carbonyl (C=O) groups excluding carboxylic acids is 1. The Morgan fingerprint density at radius 2 is 1.96 bits per heavy atom. The van der Waals surface area contributed by atoms with Crippen molar-refractivity contribution in [2.24, 2.45) is 5.73 Å². The first-order chi connectivity index (χ1) is 12.8. The molecule has 0 aliphatic heterocycles. The Hall–Kier alpha value is -3.33. The summed E-state index contributed by atoms with van der Waals surface area (Å²) in [4.78, 5) is 31.4. The van der Waals surface area contributed by atoms with Gasteiger partial charge in [-0.2, -0.15) is 0 Å². The highest BCUT2D eigenvalue weighted by atomic mass is 35.5. The molecule has 10 heteroatoms. The van der Waals surface area contributed by atoms with Crippen molar-refractivity contribution in [1.29, 1.82) is 0 Å². The maximum absolute atomic E-state index is 15.2. The van der Waals surface area contributed by atoms with Crippen LogP contribution in [0.1, 0.15) is 5.69 Å². The molecule has 0 saturated heterocycles. The van der Waals surface area contributed by atoms with Gasteiger partial charge in [0.2, 0.25) is 0 Å². The van der Waals surface area contributed by atoms with Gasteiger partial charge in [-0.3, -0.25) is 9.78 Å². The van der Waals surface area contributed by atoms with E-state index in [1.807, 2.05) is 0 Å². The molecular weight excluding hydrogens is 382 g/mol. The number of rotatable bonds is 3. The normalized spacial score (nSPS) is 14.5. The summed E-state index contributed by atoms with van der Waals surface area (Å²) in [5.41, 5.74) is 2.50. The van der Waals surface area contributed by atoms with Gasteiger partial charge >= 0.3 is 12.0 Å². The molecule has 4 rings (SSSR count). The van der Waals surface area contributed by atoms with E-state index in [1.54, 1.807) is 0 Å². The predicted octanol–water partition coefficient (Wildman–Crippen LogP) is 2.85. The molecule has 3 aromatic rings. The van der Waals surface area contributed by atoms with Crippen LogP contribution in [0.15, 0.2) is 36.5 Å². The number of aliphatic carboxylic acids is 1. The highest BCUT2D eigenvalue weighted by molar-refractivity contribution is 6.33. The van der Waals surface area contributed by atoms with Crippen LogP contribution in [0.2, 0.25) is 5.02 Å². The Labute approximate surface area is 154 Å². The second-order valence-electron chi connectivity index (χ2n) is 5.87. The minimum absolute atomic E-state index is 0.0627. The number of pyridine rings is 1. The van der Waals surface area contributed by atoms with Crippen LogP contribution in [0.4, 0.5) is 13.6 Å². The van der Waals surface area contributed by atoms with Crippen molar-refractivity contribution in [2.45, 2.75) is 5.41 Å². The molecule has 0 fully saturated rings. The summed E-state index contributed by atoms with van der Waals surface area (Å²) in [6, 6.07) is 2.68. The van der Waals surface area contributed by atoms with Crippen molar-refractivity contribution in [3.63, 3.8) is 0 Å². The van der Waals surface area contributed by atoms with E-state index in [1.165, 1.54) is 24.3 Å². The number of fused-ring (bicyclic) bond motifs is 1. The smallest absolute Gasteiger partial charge is 0.325 e. The number of amides is 1. The van der Waals surface area contributed by atoms with Crippen LogP contribution >= 0.6 is 11.6 Å². The van der Waals surface area contributed by atoms with Crippen molar-refractivity contribution < 1.29 is 23.5 Å². The maximum atomic E-state index is 15.2. The van der Waals surface area contributed by atoms with Crippen LogP contribution in [0.3, 0.4) is 0 Å². The lowest BCUT2D eigenvalue weighted by atomic mass is 9.98. The van der Waals surface area contributed by atoms with Crippen LogP contribution in [0.5, 0.6) is 0 Å². The van der Waals surface area contributed by atoms with E-state index in [2.05, 4.69) is 9.97 Å². The van der Waals surface area contributed by atoms with Crippen LogP contribution in [-0.2, 0) is 10.2 Å². The zero-order chi connectivity index (χ0) is 19.5. The van der Waals surface area contributed by atoms with E-state index in [4.69, 9.17) is 17.3 Å². The minimum Gasteiger partial charge on any atom is -0.480 e. The Kier molecular flexibility index (Phi) is 3.54. The van der Waals surface area contributed by atoms with Crippen molar-refractivity contribution in [2.75, 3.05) is 0 Å². The molecule has 0 bridgehead atoms. The van der Waals surface area contributed by atoms with Gasteiger partial charge in [-0.1, -0.05) is 29.8 Å². The quantitative estimate of drug-likeness (QED) is 0.668. The van der Waals surface area contributed by atoms with Gasteiger partial charge in [0.15, 0.2) is 11.6 Å². The van der Waals surface area contributed by atoms with Gasteiger partial charge in [-0.05, 0) is 12.1 Å². The second kappa shape index (κ2) is 5.58. The average Bonchev–Trinajstić information content (AvgIpc) is 3.30. The first kappa shape index (κ1) is 17.1.